The number of phenols is 1. The summed E-state index contributed by atoms with van der Waals surface area (Å²) in [5, 5.41) is 27.9. The van der Waals surface area contributed by atoms with Gasteiger partial charge in [0.2, 0.25) is 5.91 Å². The van der Waals surface area contributed by atoms with Gasteiger partial charge in [-0.3, -0.25) is 9.59 Å². The van der Waals surface area contributed by atoms with Crippen LogP contribution in [-0.4, -0.2) is 55.2 Å². The number of carbonyl (C=O) groups is 3. The molecule has 0 bridgehead atoms. The molecule has 3 aromatic carbocycles. The number of aliphatic imine (C=N–C) groups is 1. The first-order chi connectivity index (χ1) is 18.9. The summed E-state index contributed by atoms with van der Waals surface area (Å²) in [6.07, 6.45) is 0.498. The number of carboxylic acid groups (broad SMARTS) is 1. The van der Waals surface area contributed by atoms with Crippen LogP contribution in [0.15, 0.2) is 95.0 Å². The Morgan fingerprint density at radius 1 is 1.00 bits per heavy atom. The van der Waals surface area contributed by atoms with E-state index in [0.29, 0.717) is 11.6 Å². The van der Waals surface area contributed by atoms with Crippen LogP contribution in [0.1, 0.15) is 35.6 Å². The first-order valence-corrected chi connectivity index (χ1v) is 13.3. The van der Waals surface area contributed by atoms with Crippen molar-refractivity contribution in [3.05, 3.63) is 102 Å². The summed E-state index contributed by atoms with van der Waals surface area (Å²) < 4.78 is 0. The summed E-state index contributed by atoms with van der Waals surface area (Å²) in [6, 6.07) is 24.2. The van der Waals surface area contributed by atoms with Crippen molar-refractivity contribution in [3.8, 4) is 5.75 Å². The summed E-state index contributed by atoms with van der Waals surface area (Å²) in [7, 11) is 0. The van der Waals surface area contributed by atoms with Gasteiger partial charge >= 0.3 is 5.97 Å². The zero-order valence-corrected chi connectivity index (χ0v) is 21.6. The summed E-state index contributed by atoms with van der Waals surface area (Å²) in [5.41, 5.74) is 3.41. The van der Waals surface area contributed by atoms with E-state index in [1.807, 2.05) is 36.4 Å². The molecule has 198 valence electrons. The summed E-state index contributed by atoms with van der Waals surface area (Å²) >= 11 is 1.15. The Bertz CT molecular complexity index is 1430. The number of benzene rings is 3. The Hall–Kier alpha value is -4.44. The van der Waals surface area contributed by atoms with Gasteiger partial charge in [-0.15, -0.1) is 0 Å². The quantitative estimate of drug-likeness (QED) is 0.395. The Balaban J connectivity index is 1.29. The molecule has 2 aliphatic heterocycles. The van der Waals surface area contributed by atoms with E-state index in [1.54, 1.807) is 53.5 Å². The molecule has 0 saturated carbocycles. The van der Waals surface area contributed by atoms with Gasteiger partial charge in [-0.05, 0) is 41.0 Å². The van der Waals surface area contributed by atoms with Gasteiger partial charge in [-0.25, -0.2) is 9.80 Å². The summed E-state index contributed by atoms with van der Waals surface area (Å²) in [6.45, 7) is 0. The van der Waals surface area contributed by atoms with Crippen LogP contribution in [0.4, 0.5) is 0 Å². The molecule has 0 aromatic heterocycles. The maximum absolute atomic E-state index is 12.8. The second kappa shape index (κ2) is 11.5. The summed E-state index contributed by atoms with van der Waals surface area (Å²) in [5.74, 6) is -1.98. The number of phenolic OH excluding ortho intramolecular Hbond substituents is 1. The Labute approximate surface area is 229 Å². The zero-order chi connectivity index (χ0) is 27.4. The smallest absolute Gasteiger partial charge is 0.326 e. The highest BCUT2D eigenvalue weighted by Crippen LogP contribution is 2.38. The number of amides is 2. The number of aliphatic carboxylic acids is 1. The number of hydrazone groups is 1. The van der Waals surface area contributed by atoms with Crippen molar-refractivity contribution in [3.63, 3.8) is 0 Å². The van der Waals surface area contributed by atoms with Crippen LogP contribution in [0, 0.1) is 0 Å². The number of amidine groups is 1. The van der Waals surface area contributed by atoms with E-state index < -0.39 is 29.1 Å². The predicted molar refractivity (Wildman–Crippen MR) is 148 cm³/mol. The number of carbonyl (C=O) groups excluding carboxylic acids is 2. The molecular formula is C29H26N4O5S. The van der Waals surface area contributed by atoms with Crippen LogP contribution in [0.3, 0.4) is 0 Å². The van der Waals surface area contributed by atoms with E-state index >= 15 is 0 Å². The van der Waals surface area contributed by atoms with Gasteiger partial charge in [0.1, 0.15) is 17.0 Å². The number of hydrogen-bond donors (Lipinski definition) is 3. The van der Waals surface area contributed by atoms with E-state index in [4.69, 9.17) is 5.10 Å². The molecule has 2 aliphatic rings. The highest BCUT2D eigenvalue weighted by molar-refractivity contribution is 8.15. The second-order valence-corrected chi connectivity index (χ2v) is 10.4. The fourth-order valence-corrected chi connectivity index (χ4v) is 5.59. The minimum Gasteiger partial charge on any atom is -0.508 e. The Kier molecular flexibility index (Phi) is 7.74. The Morgan fingerprint density at radius 2 is 1.67 bits per heavy atom. The molecule has 9 nitrogen and oxygen atoms in total. The van der Waals surface area contributed by atoms with Gasteiger partial charge in [-0.2, -0.15) is 10.1 Å². The molecule has 0 spiro atoms. The lowest BCUT2D eigenvalue weighted by molar-refractivity contribution is -0.141. The predicted octanol–water partition coefficient (Wildman–Crippen LogP) is 3.74. The molecule has 0 fully saturated rings. The van der Waals surface area contributed by atoms with E-state index in [0.717, 1.165) is 34.2 Å². The van der Waals surface area contributed by atoms with Crippen molar-refractivity contribution in [2.75, 3.05) is 0 Å². The fraction of sp³-hybridized carbons (Fsp3) is 0.207. The largest absolute Gasteiger partial charge is 0.508 e. The van der Waals surface area contributed by atoms with E-state index in [9.17, 15) is 24.6 Å². The number of carboxylic acids is 1. The van der Waals surface area contributed by atoms with Crippen LogP contribution in [0.5, 0.6) is 5.75 Å². The maximum Gasteiger partial charge on any atom is 0.326 e. The third kappa shape index (κ3) is 6.18. The third-order valence-electron chi connectivity index (χ3n) is 6.51. The van der Waals surface area contributed by atoms with Crippen LogP contribution in [-0.2, 0) is 20.8 Å². The molecule has 5 rings (SSSR count). The number of hydrogen-bond acceptors (Lipinski definition) is 7. The topological polar surface area (TPSA) is 132 Å². The average Bonchev–Trinajstić information content (AvgIpc) is 3.54. The maximum atomic E-state index is 12.8. The normalized spacial score (nSPS) is 19.4. The molecule has 3 atom stereocenters. The van der Waals surface area contributed by atoms with Crippen LogP contribution in [0.25, 0.3) is 0 Å². The van der Waals surface area contributed by atoms with E-state index in [2.05, 4.69) is 10.3 Å². The number of thioether (sulfide) groups is 1. The summed E-state index contributed by atoms with van der Waals surface area (Å²) in [4.78, 5) is 41.6. The number of nitrogens with zero attached hydrogens (tertiary/aromatic N) is 3. The molecule has 3 aromatic rings. The standard InChI is InChI=1S/C29H26N4O5S/c34-21-13-11-19(12-14-21)22-16-24(20-9-5-2-6-10-20)33(32-22)29-31-27(36)25(39-29)17-26(35)30-23(28(37)38)15-18-7-3-1-4-8-18/h1-14,23-25,34H,15-17H2,(H,30,35)(H,37,38). The number of rotatable bonds is 8. The fourth-order valence-electron chi connectivity index (χ4n) is 4.53. The van der Waals surface area contributed by atoms with Gasteiger partial charge in [0.25, 0.3) is 5.91 Å². The Morgan fingerprint density at radius 3 is 2.33 bits per heavy atom. The van der Waals surface area contributed by atoms with Crippen molar-refractivity contribution < 1.29 is 24.6 Å². The SMILES string of the molecule is O=C(CC1SC(N2N=C(c3ccc(O)cc3)CC2c2ccccc2)=NC1=O)NC(Cc1ccccc1)C(=O)O. The molecule has 39 heavy (non-hydrogen) atoms. The first-order valence-electron chi connectivity index (χ1n) is 12.4. The molecule has 2 amide bonds. The van der Waals surface area contributed by atoms with Gasteiger partial charge in [-0.1, -0.05) is 72.4 Å². The molecule has 3 N–H and O–H groups in total. The lowest BCUT2D eigenvalue weighted by Crippen LogP contribution is -2.43. The minimum atomic E-state index is -1.14. The lowest BCUT2D eigenvalue weighted by Gasteiger charge is -2.23. The highest BCUT2D eigenvalue weighted by atomic mass is 32.2. The number of aromatic hydroxyl groups is 1. The van der Waals surface area contributed by atoms with Crippen molar-refractivity contribution in [1.82, 2.24) is 10.3 Å². The van der Waals surface area contributed by atoms with Crippen LogP contribution in [0.2, 0.25) is 0 Å². The highest BCUT2D eigenvalue weighted by Gasteiger charge is 2.39. The molecule has 0 aliphatic carbocycles. The van der Waals surface area contributed by atoms with E-state index in [-0.39, 0.29) is 24.6 Å². The second-order valence-electron chi connectivity index (χ2n) is 9.26. The lowest BCUT2D eigenvalue weighted by atomic mass is 9.99. The third-order valence-corrected chi connectivity index (χ3v) is 7.65. The molecule has 2 heterocycles. The number of nitrogens with one attached hydrogen (secondary N) is 1. The van der Waals surface area contributed by atoms with Crippen LogP contribution < -0.4 is 5.32 Å². The average molecular weight is 543 g/mol. The van der Waals surface area contributed by atoms with E-state index in [1.165, 1.54) is 0 Å². The molecule has 0 saturated heterocycles. The van der Waals surface area contributed by atoms with Crippen molar-refractivity contribution in [2.45, 2.75) is 36.6 Å². The van der Waals surface area contributed by atoms with Crippen molar-refractivity contribution in [2.24, 2.45) is 10.1 Å². The van der Waals surface area contributed by atoms with Crippen LogP contribution >= 0.6 is 11.8 Å². The van der Waals surface area contributed by atoms with Gasteiger partial charge in [0, 0.05) is 19.3 Å². The zero-order valence-electron chi connectivity index (χ0n) is 20.8. The molecule has 3 unspecified atom stereocenters. The van der Waals surface area contributed by atoms with Gasteiger partial charge in [0.05, 0.1) is 11.8 Å². The monoisotopic (exact) mass is 542 g/mol. The van der Waals surface area contributed by atoms with Crippen molar-refractivity contribution >= 4 is 40.4 Å². The van der Waals surface area contributed by atoms with Crippen molar-refractivity contribution in [1.29, 1.82) is 0 Å². The van der Waals surface area contributed by atoms with Gasteiger partial charge in [0.15, 0.2) is 5.17 Å². The van der Waals surface area contributed by atoms with Gasteiger partial charge < -0.3 is 15.5 Å². The molecule has 10 heteroatoms. The first kappa shape index (κ1) is 26.2. The molecular weight excluding hydrogens is 516 g/mol. The minimum absolute atomic E-state index is 0.136. The molecule has 0 radical (unpaired) electrons.